The van der Waals surface area contributed by atoms with Crippen molar-refractivity contribution in [2.45, 2.75) is 25.1 Å². The van der Waals surface area contributed by atoms with E-state index in [0.29, 0.717) is 32.0 Å². The zero-order valence-corrected chi connectivity index (χ0v) is 12.5. The molecule has 0 radical (unpaired) electrons. The van der Waals surface area contributed by atoms with E-state index in [1.807, 2.05) is 0 Å². The van der Waals surface area contributed by atoms with Crippen molar-refractivity contribution >= 4 is 17.7 Å². The Morgan fingerprint density at radius 3 is 2.43 bits per heavy atom. The number of amides is 1. The lowest BCUT2D eigenvalue weighted by Crippen LogP contribution is -2.29. The highest BCUT2D eigenvalue weighted by molar-refractivity contribution is 6.29. The highest BCUT2D eigenvalue weighted by Gasteiger charge is 2.44. The Morgan fingerprint density at radius 1 is 1.30 bits per heavy atom. The topological polar surface area (TPSA) is 75.5 Å². The molecule has 3 atom stereocenters. The van der Waals surface area contributed by atoms with Crippen molar-refractivity contribution in [1.82, 2.24) is 15.1 Å². The lowest BCUT2D eigenvalue weighted by molar-refractivity contribution is -0.139. The van der Waals surface area contributed by atoms with Crippen LogP contribution >= 0.6 is 11.6 Å². The highest BCUT2D eigenvalue weighted by atomic mass is 35.5. The molecule has 10 heteroatoms. The molecule has 23 heavy (non-hydrogen) atoms. The van der Waals surface area contributed by atoms with Crippen LogP contribution in [0.4, 0.5) is 18.0 Å². The minimum Gasteiger partial charge on any atom is -0.473 e. The molecule has 1 aromatic rings. The van der Waals surface area contributed by atoms with Crippen molar-refractivity contribution < 1.29 is 27.8 Å². The standard InChI is InChI=1S/C13H13ClF3N3O3/c14-10-3-9(13(15,16)17)11(19-18-10)23-8-1-6-4-20(12(21)22)5-7(6)2-8/h3,6-8H,1-2,4-5H2,(H,21,22)/t6-,7+,8+. The molecular weight excluding hydrogens is 339 g/mol. The number of ether oxygens (including phenoxy) is 1. The van der Waals surface area contributed by atoms with Crippen LogP contribution in [0.5, 0.6) is 5.88 Å². The number of alkyl halides is 3. The average molecular weight is 352 g/mol. The molecule has 1 saturated carbocycles. The van der Waals surface area contributed by atoms with Crippen molar-refractivity contribution in [2.75, 3.05) is 13.1 Å². The second-order valence-corrected chi connectivity index (χ2v) is 6.19. The van der Waals surface area contributed by atoms with Crippen molar-refractivity contribution in [2.24, 2.45) is 11.8 Å². The van der Waals surface area contributed by atoms with Gasteiger partial charge in [-0.3, -0.25) is 0 Å². The van der Waals surface area contributed by atoms with Crippen LogP contribution in [0.2, 0.25) is 5.15 Å². The third-order valence-electron chi connectivity index (χ3n) is 4.29. The summed E-state index contributed by atoms with van der Waals surface area (Å²) in [6.07, 6.45) is -5.05. The smallest absolute Gasteiger partial charge is 0.421 e. The quantitative estimate of drug-likeness (QED) is 0.886. The molecule has 0 unspecified atom stereocenters. The molecule has 1 N–H and O–H groups in total. The highest BCUT2D eigenvalue weighted by Crippen LogP contribution is 2.42. The Labute approximate surface area is 134 Å². The van der Waals surface area contributed by atoms with Crippen LogP contribution in [0.15, 0.2) is 6.07 Å². The fourth-order valence-electron chi connectivity index (χ4n) is 3.30. The van der Waals surface area contributed by atoms with Gasteiger partial charge in [-0.1, -0.05) is 11.6 Å². The van der Waals surface area contributed by atoms with Gasteiger partial charge in [0.15, 0.2) is 5.15 Å². The zero-order chi connectivity index (χ0) is 16.8. The second kappa shape index (κ2) is 5.70. The summed E-state index contributed by atoms with van der Waals surface area (Å²) in [6, 6.07) is 0.686. The second-order valence-electron chi connectivity index (χ2n) is 5.80. The third-order valence-corrected chi connectivity index (χ3v) is 4.48. The molecule has 2 fully saturated rings. The first-order chi connectivity index (χ1) is 10.7. The monoisotopic (exact) mass is 351 g/mol. The Balaban J connectivity index is 1.70. The van der Waals surface area contributed by atoms with Crippen LogP contribution in [0.1, 0.15) is 18.4 Å². The van der Waals surface area contributed by atoms with Gasteiger partial charge in [0.2, 0.25) is 5.88 Å². The Kier molecular flexibility index (Phi) is 3.99. The van der Waals surface area contributed by atoms with Crippen molar-refractivity contribution in [3.05, 3.63) is 16.8 Å². The number of hydrogen-bond acceptors (Lipinski definition) is 4. The molecule has 1 saturated heterocycles. The maximum absolute atomic E-state index is 13.0. The van der Waals surface area contributed by atoms with E-state index < -0.39 is 29.8 Å². The van der Waals surface area contributed by atoms with E-state index in [2.05, 4.69) is 10.2 Å². The fourth-order valence-corrected chi connectivity index (χ4v) is 3.45. The first-order valence-corrected chi connectivity index (χ1v) is 7.36. The van der Waals surface area contributed by atoms with E-state index in [4.69, 9.17) is 21.4 Å². The number of halogens is 4. The average Bonchev–Trinajstić information content (AvgIpc) is 2.97. The van der Waals surface area contributed by atoms with Gasteiger partial charge in [0, 0.05) is 13.1 Å². The van der Waals surface area contributed by atoms with Crippen LogP contribution in [0.3, 0.4) is 0 Å². The van der Waals surface area contributed by atoms with E-state index in [9.17, 15) is 18.0 Å². The van der Waals surface area contributed by atoms with Crippen molar-refractivity contribution in [3.63, 3.8) is 0 Å². The van der Waals surface area contributed by atoms with Gasteiger partial charge < -0.3 is 14.7 Å². The predicted molar refractivity (Wildman–Crippen MR) is 72.3 cm³/mol. The van der Waals surface area contributed by atoms with Gasteiger partial charge >= 0.3 is 12.3 Å². The molecule has 3 rings (SSSR count). The first-order valence-electron chi connectivity index (χ1n) is 6.99. The zero-order valence-electron chi connectivity index (χ0n) is 11.8. The van der Waals surface area contributed by atoms with Gasteiger partial charge in [0.25, 0.3) is 0 Å². The lowest BCUT2D eigenvalue weighted by Gasteiger charge is -2.19. The van der Waals surface area contributed by atoms with Gasteiger partial charge in [-0.15, -0.1) is 10.2 Å². The molecular formula is C13H13ClF3N3O3. The number of nitrogens with zero attached hydrogens (tertiary/aromatic N) is 3. The van der Waals surface area contributed by atoms with E-state index >= 15 is 0 Å². The van der Waals surface area contributed by atoms with Crippen LogP contribution in [0.25, 0.3) is 0 Å². The van der Waals surface area contributed by atoms with E-state index in [0.717, 1.165) is 0 Å². The molecule has 0 bridgehead atoms. The summed E-state index contributed by atoms with van der Waals surface area (Å²) in [5.74, 6) is -0.377. The summed E-state index contributed by atoms with van der Waals surface area (Å²) >= 11 is 5.47. The third kappa shape index (κ3) is 3.29. The normalized spacial score (nSPS) is 27.1. The molecule has 2 heterocycles. The molecule has 1 aromatic heterocycles. The van der Waals surface area contributed by atoms with Gasteiger partial charge in [0.1, 0.15) is 11.7 Å². The Bertz CT molecular complexity index is 614. The summed E-state index contributed by atoms with van der Waals surface area (Å²) in [6.45, 7) is 0.774. The number of aromatic nitrogens is 2. The summed E-state index contributed by atoms with van der Waals surface area (Å²) in [4.78, 5) is 12.3. The summed E-state index contributed by atoms with van der Waals surface area (Å²) in [7, 11) is 0. The van der Waals surface area contributed by atoms with Crippen LogP contribution in [-0.4, -0.2) is 45.5 Å². The van der Waals surface area contributed by atoms with Crippen LogP contribution < -0.4 is 4.74 Å². The van der Waals surface area contributed by atoms with Gasteiger partial charge in [0.05, 0.1) is 0 Å². The molecule has 1 amide bonds. The summed E-state index contributed by atoms with van der Waals surface area (Å²) < 4.78 is 44.4. The number of likely N-dealkylation sites (tertiary alicyclic amines) is 1. The predicted octanol–water partition coefficient (Wildman–Crippen LogP) is 2.92. The van der Waals surface area contributed by atoms with Crippen molar-refractivity contribution in [3.8, 4) is 5.88 Å². The Hall–Kier alpha value is -1.77. The number of hydrogen-bond donors (Lipinski definition) is 1. The molecule has 0 spiro atoms. The minimum absolute atomic E-state index is 0.102. The number of rotatable bonds is 2. The molecule has 1 aliphatic heterocycles. The van der Waals surface area contributed by atoms with Gasteiger partial charge in [-0.05, 0) is 30.7 Å². The van der Waals surface area contributed by atoms with Gasteiger partial charge in [-0.25, -0.2) is 4.79 Å². The van der Waals surface area contributed by atoms with Crippen molar-refractivity contribution in [1.29, 1.82) is 0 Å². The molecule has 1 aliphatic carbocycles. The summed E-state index contributed by atoms with van der Waals surface area (Å²) in [5, 5.41) is 15.4. The molecule has 0 aromatic carbocycles. The number of carbonyl (C=O) groups is 1. The van der Waals surface area contributed by atoms with Crippen LogP contribution in [0, 0.1) is 11.8 Å². The number of carboxylic acid groups (broad SMARTS) is 1. The molecule has 126 valence electrons. The largest absolute Gasteiger partial charge is 0.473 e. The van der Waals surface area contributed by atoms with Crippen LogP contribution in [-0.2, 0) is 6.18 Å². The lowest BCUT2D eigenvalue weighted by atomic mass is 10.0. The molecule has 2 aliphatic rings. The number of fused-ring (bicyclic) bond motifs is 1. The molecule has 6 nitrogen and oxygen atoms in total. The van der Waals surface area contributed by atoms with Gasteiger partial charge in [-0.2, -0.15) is 13.2 Å². The summed E-state index contributed by atoms with van der Waals surface area (Å²) in [5.41, 5.74) is -1.05. The fraction of sp³-hybridized carbons (Fsp3) is 0.615. The van der Waals surface area contributed by atoms with E-state index in [-0.39, 0.29) is 17.0 Å². The minimum atomic E-state index is -4.64. The van der Waals surface area contributed by atoms with E-state index in [1.165, 1.54) is 4.90 Å². The first kappa shape index (κ1) is 16.1. The maximum Gasteiger partial charge on any atom is 0.421 e. The Morgan fingerprint density at radius 2 is 1.91 bits per heavy atom. The SMILES string of the molecule is O=C(O)N1C[C@H]2C[C@H](Oc3nnc(Cl)cc3C(F)(F)F)C[C@H]2C1. The van der Waals surface area contributed by atoms with E-state index in [1.54, 1.807) is 0 Å². The maximum atomic E-state index is 13.0.